The molecule has 2 heterocycles. The topological polar surface area (TPSA) is 59.9 Å². The summed E-state index contributed by atoms with van der Waals surface area (Å²) < 4.78 is 9.98. The number of aromatic nitrogens is 3. The minimum atomic E-state index is -0.0224. The first-order valence-corrected chi connectivity index (χ1v) is 7.81. The van der Waals surface area contributed by atoms with E-state index in [0.717, 1.165) is 16.5 Å². The fourth-order valence-corrected chi connectivity index (χ4v) is 2.40. The number of hydrogen-bond donors (Lipinski definition) is 1. The van der Waals surface area contributed by atoms with E-state index in [1.54, 1.807) is 6.20 Å². The van der Waals surface area contributed by atoms with E-state index in [-0.39, 0.29) is 11.5 Å². The molecule has 0 radical (unpaired) electrons. The first kappa shape index (κ1) is 15.7. The summed E-state index contributed by atoms with van der Waals surface area (Å²) in [5, 5.41) is 4.13. The molecular weight excluding hydrogens is 284 g/mol. The van der Waals surface area contributed by atoms with Crippen LogP contribution in [0.5, 0.6) is 5.88 Å². The van der Waals surface area contributed by atoms with Crippen molar-refractivity contribution in [3.8, 4) is 5.88 Å². The van der Waals surface area contributed by atoms with Gasteiger partial charge in [-0.15, -0.1) is 0 Å². The van der Waals surface area contributed by atoms with Crippen molar-refractivity contribution in [3.63, 3.8) is 0 Å². The lowest BCUT2D eigenvalue weighted by atomic mass is 9.96. The maximum atomic E-state index is 5.59. The van der Waals surface area contributed by atoms with Gasteiger partial charge in [-0.25, -0.2) is 9.97 Å². The van der Waals surface area contributed by atoms with Gasteiger partial charge < -0.3 is 10.1 Å². The fraction of sp³-hybridized carbons (Fsp3) is 0.533. The van der Waals surface area contributed by atoms with Crippen molar-refractivity contribution in [1.29, 1.82) is 0 Å². The quantitative estimate of drug-likeness (QED) is 0.914. The molecule has 0 aliphatic carbocycles. The number of hydrogen-bond acceptors (Lipinski definition) is 6. The van der Waals surface area contributed by atoms with Gasteiger partial charge in [-0.05, 0) is 25.5 Å². The summed E-state index contributed by atoms with van der Waals surface area (Å²) in [5.74, 6) is 1.52. The van der Waals surface area contributed by atoms with Crippen LogP contribution in [-0.2, 0) is 12.0 Å². The molecule has 0 saturated heterocycles. The second kappa shape index (κ2) is 6.39. The molecule has 5 nitrogen and oxygen atoms in total. The zero-order chi connectivity index (χ0) is 15.5. The Labute approximate surface area is 130 Å². The van der Waals surface area contributed by atoms with Gasteiger partial charge in [0.1, 0.15) is 5.82 Å². The Hall–Kier alpha value is -1.69. The highest BCUT2D eigenvalue weighted by molar-refractivity contribution is 7.09. The zero-order valence-corrected chi connectivity index (χ0v) is 14.0. The van der Waals surface area contributed by atoms with Gasteiger partial charge in [0.05, 0.1) is 6.10 Å². The maximum absolute atomic E-state index is 5.59. The van der Waals surface area contributed by atoms with Crippen molar-refractivity contribution in [2.45, 2.75) is 52.7 Å². The summed E-state index contributed by atoms with van der Waals surface area (Å²) in [6, 6.07) is 3.91. The van der Waals surface area contributed by atoms with Crippen LogP contribution in [0, 0.1) is 0 Å². The molecule has 2 aromatic rings. The second-order valence-electron chi connectivity index (χ2n) is 6.20. The van der Waals surface area contributed by atoms with E-state index in [4.69, 9.17) is 4.74 Å². The van der Waals surface area contributed by atoms with Crippen LogP contribution in [0.1, 0.15) is 46.0 Å². The summed E-state index contributed by atoms with van der Waals surface area (Å²) >= 11 is 1.39. The molecule has 21 heavy (non-hydrogen) atoms. The molecule has 1 N–H and O–H groups in total. The second-order valence-corrected chi connectivity index (χ2v) is 6.95. The Balaban J connectivity index is 1.98. The van der Waals surface area contributed by atoms with E-state index in [2.05, 4.69) is 40.4 Å². The molecule has 0 amide bonds. The van der Waals surface area contributed by atoms with Gasteiger partial charge in [0.2, 0.25) is 11.0 Å². The third-order valence-electron chi connectivity index (χ3n) is 2.70. The Morgan fingerprint density at radius 1 is 1.33 bits per heavy atom. The molecule has 0 atom stereocenters. The average molecular weight is 306 g/mol. The Bertz CT molecular complexity index is 589. The lowest BCUT2D eigenvalue weighted by Crippen LogP contribution is -2.13. The first-order chi connectivity index (χ1) is 9.84. The van der Waals surface area contributed by atoms with Crippen LogP contribution in [0.25, 0.3) is 0 Å². The monoisotopic (exact) mass is 306 g/mol. The molecule has 0 aliphatic heterocycles. The summed E-state index contributed by atoms with van der Waals surface area (Å²) in [5.41, 5.74) is 1.08. The lowest BCUT2D eigenvalue weighted by molar-refractivity contribution is 0.232. The molecule has 0 unspecified atom stereocenters. The average Bonchev–Trinajstić information content (AvgIpc) is 2.84. The van der Waals surface area contributed by atoms with Crippen molar-refractivity contribution in [3.05, 3.63) is 29.7 Å². The molecular formula is C15H22N4OS. The normalized spacial score (nSPS) is 11.7. The van der Waals surface area contributed by atoms with Crippen molar-refractivity contribution >= 4 is 16.7 Å². The molecule has 6 heteroatoms. The van der Waals surface area contributed by atoms with Crippen molar-refractivity contribution in [1.82, 2.24) is 14.3 Å². The van der Waals surface area contributed by atoms with Gasteiger partial charge in [-0.1, -0.05) is 20.8 Å². The standard InChI is InChI=1S/C15H22N4OS/c1-10(2)20-12-8-11(6-7-16-12)9-17-14-18-13(19-21-14)15(3,4)5/h6-8,10H,9H2,1-5H3,(H,17,18,19). The molecule has 2 rings (SSSR count). The van der Waals surface area contributed by atoms with Crippen molar-refractivity contribution in [2.24, 2.45) is 0 Å². The van der Waals surface area contributed by atoms with E-state index >= 15 is 0 Å². The number of nitrogens with zero attached hydrogens (tertiary/aromatic N) is 3. The van der Waals surface area contributed by atoms with Gasteiger partial charge >= 0.3 is 0 Å². The first-order valence-electron chi connectivity index (χ1n) is 7.04. The molecule has 2 aromatic heterocycles. The van der Waals surface area contributed by atoms with Crippen molar-refractivity contribution < 1.29 is 4.74 Å². The van der Waals surface area contributed by atoms with Gasteiger partial charge in [0.15, 0.2) is 0 Å². The Kier molecular flexibility index (Phi) is 4.77. The van der Waals surface area contributed by atoms with Crippen LogP contribution in [0.4, 0.5) is 5.13 Å². The number of pyridine rings is 1. The largest absolute Gasteiger partial charge is 0.475 e. The summed E-state index contributed by atoms with van der Waals surface area (Å²) in [4.78, 5) is 8.71. The molecule has 114 valence electrons. The lowest BCUT2D eigenvalue weighted by Gasteiger charge is -2.12. The smallest absolute Gasteiger partial charge is 0.213 e. The Morgan fingerprint density at radius 2 is 2.10 bits per heavy atom. The third-order valence-corrected chi connectivity index (χ3v) is 3.37. The minimum absolute atomic E-state index is 0.0224. The molecule has 0 fully saturated rings. The van der Waals surface area contributed by atoms with E-state index in [9.17, 15) is 0 Å². The number of anilines is 1. The van der Waals surface area contributed by atoms with Crippen LogP contribution in [-0.4, -0.2) is 20.4 Å². The van der Waals surface area contributed by atoms with Crippen LogP contribution >= 0.6 is 11.5 Å². The van der Waals surface area contributed by atoms with Gasteiger partial charge in [-0.3, -0.25) is 0 Å². The van der Waals surface area contributed by atoms with Gasteiger partial charge in [0.25, 0.3) is 0 Å². The highest BCUT2D eigenvalue weighted by Crippen LogP contribution is 2.23. The van der Waals surface area contributed by atoms with E-state index in [0.29, 0.717) is 12.4 Å². The molecule has 0 aromatic carbocycles. The minimum Gasteiger partial charge on any atom is -0.475 e. The van der Waals surface area contributed by atoms with E-state index in [1.807, 2.05) is 26.0 Å². The van der Waals surface area contributed by atoms with Crippen LogP contribution in [0.2, 0.25) is 0 Å². The summed E-state index contributed by atoms with van der Waals surface area (Å²) in [7, 11) is 0. The van der Waals surface area contributed by atoms with Crippen LogP contribution in [0.15, 0.2) is 18.3 Å². The Morgan fingerprint density at radius 3 is 2.71 bits per heavy atom. The predicted molar refractivity (Wildman–Crippen MR) is 85.9 cm³/mol. The van der Waals surface area contributed by atoms with Gasteiger partial charge in [0, 0.05) is 35.8 Å². The zero-order valence-electron chi connectivity index (χ0n) is 13.2. The highest BCUT2D eigenvalue weighted by atomic mass is 32.1. The van der Waals surface area contributed by atoms with E-state index in [1.165, 1.54) is 11.5 Å². The molecule has 0 spiro atoms. The van der Waals surface area contributed by atoms with Gasteiger partial charge in [-0.2, -0.15) is 4.37 Å². The summed E-state index contributed by atoms with van der Waals surface area (Å²) in [6.45, 7) is 11.0. The number of rotatable bonds is 5. The van der Waals surface area contributed by atoms with Crippen LogP contribution < -0.4 is 10.1 Å². The van der Waals surface area contributed by atoms with E-state index < -0.39 is 0 Å². The molecule has 0 saturated carbocycles. The predicted octanol–water partition coefficient (Wildman–Crippen LogP) is 3.63. The number of nitrogens with one attached hydrogen (secondary N) is 1. The maximum Gasteiger partial charge on any atom is 0.213 e. The summed E-state index contributed by atoms with van der Waals surface area (Å²) in [6.07, 6.45) is 1.88. The third kappa shape index (κ3) is 4.67. The SMILES string of the molecule is CC(C)Oc1cc(CNc2nc(C(C)(C)C)ns2)ccn1. The fourth-order valence-electron chi connectivity index (χ4n) is 1.64. The van der Waals surface area contributed by atoms with Crippen molar-refractivity contribution in [2.75, 3.05) is 5.32 Å². The molecule has 0 bridgehead atoms. The highest BCUT2D eigenvalue weighted by Gasteiger charge is 2.19. The number of ether oxygens (including phenoxy) is 1. The van der Waals surface area contributed by atoms with Crippen LogP contribution in [0.3, 0.4) is 0 Å². The molecule has 0 aliphatic rings.